The molecule has 2 aromatic carbocycles. The summed E-state index contributed by atoms with van der Waals surface area (Å²) in [7, 11) is 0. The minimum Gasteiger partial charge on any atom is -0.488 e. The number of halogens is 1. The van der Waals surface area contributed by atoms with Crippen LogP contribution in [0, 0.1) is 5.82 Å². The van der Waals surface area contributed by atoms with Gasteiger partial charge in [0.25, 0.3) is 0 Å². The highest BCUT2D eigenvalue weighted by Gasteiger charge is 2.10. The average Bonchev–Trinajstić information content (AvgIpc) is 2.46. The number of benzene rings is 2. The molecular formula is C16H15FO2. The van der Waals surface area contributed by atoms with Gasteiger partial charge in [0.05, 0.1) is 5.56 Å². The summed E-state index contributed by atoms with van der Waals surface area (Å²) in [6.45, 7) is 1.91. The first-order valence-electron chi connectivity index (χ1n) is 6.20. The molecule has 0 unspecified atom stereocenters. The van der Waals surface area contributed by atoms with Crippen LogP contribution in [0.25, 0.3) is 0 Å². The van der Waals surface area contributed by atoms with Gasteiger partial charge in [-0.1, -0.05) is 37.3 Å². The van der Waals surface area contributed by atoms with Gasteiger partial charge < -0.3 is 4.74 Å². The van der Waals surface area contributed by atoms with Gasteiger partial charge in [-0.3, -0.25) is 4.79 Å². The summed E-state index contributed by atoms with van der Waals surface area (Å²) >= 11 is 0. The largest absolute Gasteiger partial charge is 0.488 e. The highest BCUT2D eigenvalue weighted by atomic mass is 19.1. The normalized spacial score (nSPS) is 10.2. The number of rotatable bonds is 5. The standard InChI is InChI=1S/C16H15FO2/c1-2-15(18)13-8-4-6-10-16(13)19-11-12-7-3-5-9-14(12)17/h3-10H,2,11H2,1H3. The van der Waals surface area contributed by atoms with E-state index in [9.17, 15) is 9.18 Å². The van der Waals surface area contributed by atoms with E-state index in [4.69, 9.17) is 4.74 Å². The zero-order valence-corrected chi connectivity index (χ0v) is 10.7. The van der Waals surface area contributed by atoms with Crippen LogP contribution in [-0.4, -0.2) is 5.78 Å². The van der Waals surface area contributed by atoms with Crippen LogP contribution in [-0.2, 0) is 6.61 Å². The fraction of sp³-hybridized carbons (Fsp3) is 0.188. The molecule has 0 aliphatic carbocycles. The van der Waals surface area contributed by atoms with Crippen LogP contribution in [0.1, 0.15) is 29.3 Å². The highest BCUT2D eigenvalue weighted by Crippen LogP contribution is 2.21. The van der Waals surface area contributed by atoms with Gasteiger partial charge in [0.2, 0.25) is 0 Å². The third kappa shape index (κ3) is 3.19. The van der Waals surface area contributed by atoms with Gasteiger partial charge in [-0.05, 0) is 18.2 Å². The maximum absolute atomic E-state index is 13.5. The van der Waals surface area contributed by atoms with Crippen molar-refractivity contribution in [2.45, 2.75) is 20.0 Å². The van der Waals surface area contributed by atoms with Gasteiger partial charge in [-0.15, -0.1) is 0 Å². The molecule has 19 heavy (non-hydrogen) atoms. The minimum absolute atomic E-state index is 0.0177. The van der Waals surface area contributed by atoms with Crippen molar-refractivity contribution in [1.29, 1.82) is 0 Å². The molecule has 2 rings (SSSR count). The number of hydrogen-bond acceptors (Lipinski definition) is 2. The average molecular weight is 258 g/mol. The molecule has 2 nitrogen and oxygen atoms in total. The summed E-state index contributed by atoms with van der Waals surface area (Å²) in [5.41, 5.74) is 1.02. The number of carbonyl (C=O) groups excluding carboxylic acids is 1. The Bertz CT molecular complexity index is 578. The zero-order valence-electron chi connectivity index (χ0n) is 10.7. The molecule has 0 aliphatic rings. The van der Waals surface area contributed by atoms with E-state index in [0.29, 0.717) is 23.3 Å². The van der Waals surface area contributed by atoms with Crippen LogP contribution in [0.3, 0.4) is 0 Å². The van der Waals surface area contributed by atoms with Crippen LogP contribution in [0.2, 0.25) is 0 Å². The lowest BCUT2D eigenvalue weighted by Gasteiger charge is -2.10. The van der Waals surface area contributed by atoms with Crippen LogP contribution >= 0.6 is 0 Å². The molecule has 0 saturated heterocycles. The molecule has 0 aliphatic heterocycles. The van der Waals surface area contributed by atoms with Gasteiger partial charge >= 0.3 is 0 Å². The fourth-order valence-electron chi connectivity index (χ4n) is 1.78. The summed E-state index contributed by atoms with van der Waals surface area (Å²) in [6.07, 6.45) is 0.417. The van der Waals surface area contributed by atoms with E-state index in [0.717, 1.165) is 0 Å². The maximum atomic E-state index is 13.5. The van der Waals surface area contributed by atoms with Crippen molar-refractivity contribution in [3.8, 4) is 5.75 Å². The van der Waals surface area contributed by atoms with Crippen molar-refractivity contribution in [2.75, 3.05) is 0 Å². The number of hydrogen-bond donors (Lipinski definition) is 0. The maximum Gasteiger partial charge on any atom is 0.166 e. The molecule has 0 saturated carbocycles. The van der Waals surface area contributed by atoms with Gasteiger partial charge in [0.1, 0.15) is 18.2 Å². The van der Waals surface area contributed by atoms with Gasteiger partial charge in [0, 0.05) is 12.0 Å². The Morgan fingerprint density at radius 1 is 1.11 bits per heavy atom. The molecule has 0 fully saturated rings. The first kappa shape index (κ1) is 13.3. The first-order valence-corrected chi connectivity index (χ1v) is 6.20. The smallest absolute Gasteiger partial charge is 0.166 e. The summed E-state index contributed by atoms with van der Waals surface area (Å²) in [4.78, 5) is 11.8. The second-order valence-corrected chi connectivity index (χ2v) is 4.15. The Balaban J connectivity index is 2.16. The predicted octanol–water partition coefficient (Wildman–Crippen LogP) is 4.00. The van der Waals surface area contributed by atoms with Crippen LogP contribution in [0.15, 0.2) is 48.5 Å². The Morgan fingerprint density at radius 3 is 2.53 bits per heavy atom. The van der Waals surface area contributed by atoms with Crippen molar-refractivity contribution < 1.29 is 13.9 Å². The van der Waals surface area contributed by atoms with Crippen LogP contribution in [0.4, 0.5) is 4.39 Å². The molecule has 2 aromatic rings. The van der Waals surface area contributed by atoms with Crippen molar-refractivity contribution in [2.24, 2.45) is 0 Å². The number of ketones is 1. The fourth-order valence-corrected chi connectivity index (χ4v) is 1.78. The summed E-state index contributed by atoms with van der Waals surface area (Å²) in [5.74, 6) is 0.212. The molecule has 0 amide bonds. The molecule has 0 heterocycles. The summed E-state index contributed by atoms with van der Waals surface area (Å²) in [6, 6.07) is 13.5. The van der Waals surface area contributed by atoms with Gasteiger partial charge in [0.15, 0.2) is 5.78 Å². The molecule has 98 valence electrons. The van der Waals surface area contributed by atoms with E-state index < -0.39 is 0 Å². The molecule has 0 spiro atoms. The molecule has 0 atom stereocenters. The molecule has 0 N–H and O–H groups in total. The van der Waals surface area contributed by atoms with Crippen molar-refractivity contribution in [3.05, 3.63) is 65.5 Å². The molecule has 0 bridgehead atoms. The third-order valence-electron chi connectivity index (χ3n) is 2.85. The van der Waals surface area contributed by atoms with E-state index in [2.05, 4.69) is 0 Å². The van der Waals surface area contributed by atoms with Crippen molar-refractivity contribution in [1.82, 2.24) is 0 Å². The SMILES string of the molecule is CCC(=O)c1ccccc1OCc1ccccc1F. The molecule has 0 radical (unpaired) electrons. The summed E-state index contributed by atoms with van der Waals surface area (Å²) < 4.78 is 19.0. The van der Waals surface area contributed by atoms with Crippen molar-refractivity contribution >= 4 is 5.78 Å². The third-order valence-corrected chi connectivity index (χ3v) is 2.85. The Kier molecular flexibility index (Phi) is 4.29. The number of ether oxygens (including phenoxy) is 1. The van der Waals surface area contributed by atoms with E-state index in [1.54, 1.807) is 49.4 Å². The van der Waals surface area contributed by atoms with E-state index in [1.165, 1.54) is 6.07 Å². The van der Waals surface area contributed by atoms with Crippen LogP contribution in [0.5, 0.6) is 5.75 Å². The van der Waals surface area contributed by atoms with Crippen LogP contribution < -0.4 is 4.74 Å². The zero-order chi connectivity index (χ0) is 13.7. The monoisotopic (exact) mass is 258 g/mol. The Labute approximate surface area is 111 Å². The Morgan fingerprint density at radius 2 is 1.79 bits per heavy atom. The second kappa shape index (κ2) is 6.14. The van der Waals surface area contributed by atoms with Gasteiger partial charge in [-0.25, -0.2) is 4.39 Å². The lowest BCUT2D eigenvalue weighted by molar-refractivity contribution is 0.0983. The van der Waals surface area contributed by atoms with E-state index >= 15 is 0 Å². The lowest BCUT2D eigenvalue weighted by Crippen LogP contribution is -2.04. The number of para-hydroxylation sites is 1. The van der Waals surface area contributed by atoms with E-state index in [-0.39, 0.29) is 18.2 Å². The lowest BCUT2D eigenvalue weighted by atomic mass is 10.1. The minimum atomic E-state index is -0.304. The summed E-state index contributed by atoms with van der Waals surface area (Å²) in [5, 5.41) is 0. The molecule has 3 heteroatoms. The Hall–Kier alpha value is -2.16. The topological polar surface area (TPSA) is 26.3 Å². The second-order valence-electron chi connectivity index (χ2n) is 4.15. The number of Topliss-reactive ketones (excluding diaryl/α,β-unsaturated/α-hetero) is 1. The molecular weight excluding hydrogens is 243 g/mol. The predicted molar refractivity (Wildman–Crippen MR) is 71.8 cm³/mol. The van der Waals surface area contributed by atoms with Gasteiger partial charge in [-0.2, -0.15) is 0 Å². The van der Waals surface area contributed by atoms with E-state index in [1.807, 2.05) is 0 Å². The first-order chi connectivity index (χ1) is 9.22. The highest BCUT2D eigenvalue weighted by molar-refractivity contribution is 5.98. The van der Waals surface area contributed by atoms with Crippen molar-refractivity contribution in [3.63, 3.8) is 0 Å². The number of carbonyl (C=O) groups is 1. The quantitative estimate of drug-likeness (QED) is 0.758. The molecule has 0 aromatic heterocycles.